The summed E-state index contributed by atoms with van der Waals surface area (Å²) in [5.74, 6) is 2.58. The Kier molecular flexibility index (Phi) is 4.48. The van der Waals surface area contributed by atoms with Gasteiger partial charge < -0.3 is 14.3 Å². The molecule has 3 heterocycles. The Morgan fingerprint density at radius 3 is 2.96 bits per heavy atom. The maximum Gasteiger partial charge on any atom is 0.268 e. The first kappa shape index (κ1) is 16.8. The lowest BCUT2D eigenvalue weighted by Crippen LogP contribution is -2.09. The van der Waals surface area contributed by atoms with Crippen LogP contribution in [0.4, 0.5) is 0 Å². The van der Waals surface area contributed by atoms with Gasteiger partial charge in [-0.1, -0.05) is 23.9 Å². The highest BCUT2D eigenvalue weighted by atomic mass is 32.2. The summed E-state index contributed by atoms with van der Waals surface area (Å²) in [6.07, 6.45) is 0. The van der Waals surface area contributed by atoms with Crippen molar-refractivity contribution in [2.75, 3.05) is 7.11 Å². The minimum absolute atomic E-state index is 0.103. The Morgan fingerprint density at radius 1 is 1.27 bits per heavy atom. The highest BCUT2D eigenvalue weighted by molar-refractivity contribution is 7.98. The lowest BCUT2D eigenvalue weighted by atomic mass is 10.2. The van der Waals surface area contributed by atoms with Gasteiger partial charge in [0.1, 0.15) is 16.3 Å². The third-order valence-corrected chi connectivity index (χ3v) is 5.82. The molecule has 0 aliphatic carbocycles. The minimum Gasteiger partial charge on any atom is -0.496 e. The SMILES string of the molecule is COc1ccccc1-c1nnc(SCc2nc3ccsc3c(=O)[nH]2)n1C. The van der Waals surface area contributed by atoms with Gasteiger partial charge in [0.25, 0.3) is 5.56 Å². The van der Waals surface area contributed by atoms with E-state index >= 15 is 0 Å². The third kappa shape index (κ3) is 2.99. The van der Waals surface area contributed by atoms with Crippen molar-refractivity contribution < 1.29 is 4.74 Å². The number of nitrogens with zero attached hydrogens (tertiary/aromatic N) is 4. The second-order valence-electron chi connectivity index (χ2n) is 5.50. The van der Waals surface area contributed by atoms with E-state index in [1.165, 1.54) is 23.1 Å². The Labute approximate surface area is 157 Å². The molecule has 4 rings (SSSR count). The van der Waals surface area contributed by atoms with E-state index in [9.17, 15) is 4.79 Å². The molecule has 26 heavy (non-hydrogen) atoms. The lowest BCUT2D eigenvalue weighted by Gasteiger charge is -2.08. The van der Waals surface area contributed by atoms with E-state index in [0.29, 0.717) is 16.3 Å². The van der Waals surface area contributed by atoms with Crippen LogP contribution in [0.15, 0.2) is 45.7 Å². The van der Waals surface area contributed by atoms with Crippen LogP contribution in [0.5, 0.6) is 5.75 Å². The van der Waals surface area contributed by atoms with Gasteiger partial charge in [0.2, 0.25) is 0 Å². The summed E-state index contributed by atoms with van der Waals surface area (Å²) in [6, 6.07) is 9.54. The van der Waals surface area contributed by atoms with E-state index in [-0.39, 0.29) is 5.56 Å². The Hall–Kier alpha value is -2.65. The van der Waals surface area contributed by atoms with Crippen molar-refractivity contribution in [3.8, 4) is 17.1 Å². The number of rotatable bonds is 5. The van der Waals surface area contributed by atoms with Crippen molar-refractivity contribution in [3.63, 3.8) is 0 Å². The fourth-order valence-corrected chi connectivity index (χ4v) is 4.13. The molecule has 0 aliphatic rings. The summed E-state index contributed by atoms with van der Waals surface area (Å²) in [6.45, 7) is 0. The zero-order valence-corrected chi connectivity index (χ0v) is 15.7. The zero-order chi connectivity index (χ0) is 18.1. The Bertz CT molecular complexity index is 1130. The summed E-state index contributed by atoms with van der Waals surface area (Å²) in [5, 5.41) is 11.1. The molecule has 132 valence electrons. The molecule has 9 heteroatoms. The molecule has 0 saturated heterocycles. The molecule has 0 amide bonds. The first-order valence-electron chi connectivity index (χ1n) is 7.79. The minimum atomic E-state index is -0.103. The van der Waals surface area contributed by atoms with Crippen molar-refractivity contribution in [1.82, 2.24) is 24.7 Å². The van der Waals surface area contributed by atoms with Crippen molar-refractivity contribution in [1.29, 1.82) is 0 Å². The normalized spacial score (nSPS) is 11.2. The van der Waals surface area contributed by atoms with Gasteiger partial charge in [-0.3, -0.25) is 4.79 Å². The van der Waals surface area contributed by atoms with Crippen LogP contribution in [-0.4, -0.2) is 31.8 Å². The molecule has 0 fully saturated rings. The fraction of sp³-hybridized carbons (Fsp3) is 0.176. The predicted octanol–water partition coefficient (Wildman–Crippen LogP) is 3.08. The van der Waals surface area contributed by atoms with Gasteiger partial charge in [0.15, 0.2) is 11.0 Å². The quantitative estimate of drug-likeness (QED) is 0.532. The number of ether oxygens (including phenoxy) is 1. The van der Waals surface area contributed by atoms with E-state index < -0.39 is 0 Å². The molecule has 0 radical (unpaired) electrons. The highest BCUT2D eigenvalue weighted by Gasteiger charge is 2.15. The van der Waals surface area contributed by atoms with Crippen LogP contribution in [0.1, 0.15) is 5.82 Å². The molecule has 0 atom stereocenters. The first-order valence-corrected chi connectivity index (χ1v) is 9.66. The number of benzene rings is 1. The molecule has 0 spiro atoms. The number of aromatic amines is 1. The Balaban J connectivity index is 1.59. The largest absolute Gasteiger partial charge is 0.496 e. The number of aromatic nitrogens is 5. The number of hydrogen-bond acceptors (Lipinski definition) is 7. The second-order valence-corrected chi connectivity index (χ2v) is 7.36. The van der Waals surface area contributed by atoms with Gasteiger partial charge in [0, 0.05) is 7.05 Å². The number of hydrogen-bond donors (Lipinski definition) is 1. The molecule has 3 aromatic heterocycles. The van der Waals surface area contributed by atoms with E-state index in [2.05, 4.69) is 20.2 Å². The van der Waals surface area contributed by atoms with Crippen LogP contribution < -0.4 is 10.3 Å². The number of fused-ring (bicyclic) bond motifs is 1. The summed E-state index contributed by atoms with van der Waals surface area (Å²) >= 11 is 2.86. The van der Waals surface area contributed by atoms with Gasteiger partial charge >= 0.3 is 0 Å². The van der Waals surface area contributed by atoms with Gasteiger partial charge in [-0.05, 0) is 23.6 Å². The van der Waals surface area contributed by atoms with E-state index in [1.807, 2.05) is 47.3 Å². The van der Waals surface area contributed by atoms with Crippen molar-refractivity contribution in [2.24, 2.45) is 7.05 Å². The zero-order valence-electron chi connectivity index (χ0n) is 14.1. The number of methoxy groups -OCH3 is 1. The fourth-order valence-electron chi connectivity index (χ4n) is 2.63. The third-order valence-electron chi connectivity index (χ3n) is 3.88. The topological polar surface area (TPSA) is 85.7 Å². The van der Waals surface area contributed by atoms with E-state index in [1.54, 1.807) is 7.11 Å². The molecule has 7 nitrogen and oxygen atoms in total. The average Bonchev–Trinajstić information content (AvgIpc) is 3.27. The molecule has 1 N–H and O–H groups in total. The van der Waals surface area contributed by atoms with Crippen LogP contribution in [0.2, 0.25) is 0 Å². The highest BCUT2D eigenvalue weighted by Crippen LogP contribution is 2.30. The number of thiophene rings is 1. The van der Waals surface area contributed by atoms with E-state index in [4.69, 9.17) is 4.74 Å². The lowest BCUT2D eigenvalue weighted by molar-refractivity contribution is 0.416. The smallest absolute Gasteiger partial charge is 0.268 e. The van der Waals surface area contributed by atoms with Crippen LogP contribution in [0.25, 0.3) is 21.6 Å². The molecular formula is C17H15N5O2S2. The summed E-state index contributed by atoms with van der Waals surface area (Å²) < 4.78 is 7.96. The first-order chi connectivity index (χ1) is 12.7. The van der Waals surface area contributed by atoms with Crippen molar-refractivity contribution in [3.05, 3.63) is 51.9 Å². The van der Waals surface area contributed by atoms with Crippen LogP contribution in [-0.2, 0) is 12.8 Å². The number of nitrogens with one attached hydrogen (secondary N) is 1. The molecule has 0 bridgehead atoms. The molecular weight excluding hydrogens is 370 g/mol. The van der Waals surface area contributed by atoms with Crippen LogP contribution in [0.3, 0.4) is 0 Å². The molecule has 0 unspecified atom stereocenters. The number of H-pyrrole nitrogens is 1. The average molecular weight is 385 g/mol. The summed E-state index contributed by atoms with van der Waals surface area (Å²) in [4.78, 5) is 19.4. The Morgan fingerprint density at radius 2 is 2.12 bits per heavy atom. The van der Waals surface area contributed by atoms with Gasteiger partial charge in [-0.25, -0.2) is 4.98 Å². The maximum absolute atomic E-state index is 12.1. The van der Waals surface area contributed by atoms with Crippen LogP contribution >= 0.6 is 23.1 Å². The second kappa shape index (κ2) is 6.93. The van der Waals surface area contributed by atoms with Gasteiger partial charge in [-0.2, -0.15) is 0 Å². The standard InChI is InChI=1S/C17H15N5O2S2/c1-22-15(10-5-3-4-6-12(10)24-2)20-21-17(22)26-9-13-18-11-7-8-25-14(11)16(23)19-13/h3-8H,9H2,1-2H3,(H,18,19,23). The maximum atomic E-state index is 12.1. The monoisotopic (exact) mass is 385 g/mol. The van der Waals surface area contributed by atoms with Gasteiger partial charge in [0.05, 0.1) is 23.9 Å². The number of para-hydroxylation sites is 1. The number of thioether (sulfide) groups is 1. The molecule has 0 saturated carbocycles. The predicted molar refractivity (Wildman–Crippen MR) is 103 cm³/mol. The summed E-state index contributed by atoms with van der Waals surface area (Å²) in [7, 11) is 3.54. The van der Waals surface area contributed by atoms with Crippen molar-refractivity contribution in [2.45, 2.75) is 10.9 Å². The molecule has 4 aromatic rings. The van der Waals surface area contributed by atoms with Crippen molar-refractivity contribution >= 4 is 33.3 Å². The van der Waals surface area contributed by atoms with Gasteiger partial charge in [-0.15, -0.1) is 21.5 Å². The molecule has 0 aliphatic heterocycles. The molecule has 1 aromatic carbocycles. The van der Waals surface area contributed by atoms with Crippen LogP contribution in [0, 0.1) is 0 Å². The summed E-state index contributed by atoms with van der Waals surface area (Å²) in [5.41, 5.74) is 1.50. The van der Waals surface area contributed by atoms with E-state index in [0.717, 1.165) is 27.8 Å².